The molecule has 1 aliphatic rings. The fourth-order valence-corrected chi connectivity index (χ4v) is 4.01. The molecule has 1 aliphatic carbocycles. The summed E-state index contributed by atoms with van der Waals surface area (Å²) < 4.78 is 13.9. The molecule has 1 fully saturated rings. The van der Waals surface area contributed by atoms with E-state index in [0.717, 1.165) is 24.3 Å². The third-order valence-electron chi connectivity index (χ3n) is 5.21. The number of halogens is 2. The lowest BCUT2D eigenvalue weighted by molar-refractivity contribution is 0.301. The molecule has 0 heterocycles. The van der Waals surface area contributed by atoms with Crippen LogP contribution in [0.2, 0.25) is 5.02 Å². The van der Waals surface area contributed by atoms with Crippen molar-refractivity contribution in [3.8, 4) is 6.07 Å². The molecule has 3 heteroatoms. The number of benzene rings is 1. The highest BCUT2D eigenvalue weighted by atomic mass is 35.5. The van der Waals surface area contributed by atoms with Crippen LogP contribution in [0, 0.1) is 23.1 Å². The van der Waals surface area contributed by atoms with Crippen LogP contribution in [0.1, 0.15) is 88.2 Å². The molecule has 0 radical (unpaired) electrons. The van der Waals surface area contributed by atoms with Crippen molar-refractivity contribution in [1.82, 2.24) is 0 Å². The summed E-state index contributed by atoms with van der Waals surface area (Å²) in [5.41, 5.74) is 0.934. The van der Waals surface area contributed by atoms with E-state index < -0.39 is 5.82 Å². The van der Waals surface area contributed by atoms with E-state index in [1.807, 2.05) is 6.07 Å². The van der Waals surface area contributed by atoms with Gasteiger partial charge >= 0.3 is 0 Å². The highest BCUT2D eigenvalue weighted by molar-refractivity contribution is 6.31. The standard InChI is InChI=1S/C20H27ClFN/c1-2-3-4-5-6-7-15-8-10-16(11-9-15)17-12-19(21)18(14-23)20(22)13-17/h12-13,15-16H,2-11H2,1H3. The minimum absolute atomic E-state index is 0.0313. The molecule has 1 aromatic rings. The van der Waals surface area contributed by atoms with Crippen LogP contribution in [0.4, 0.5) is 4.39 Å². The predicted molar refractivity (Wildman–Crippen MR) is 94.2 cm³/mol. The van der Waals surface area contributed by atoms with Gasteiger partial charge in [0.15, 0.2) is 0 Å². The summed E-state index contributed by atoms with van der Waals surface area (Å²) in [6, 6.07) is 5.14. The number of rotatable bonds is 7. The fraction of sp³-hybridized carbons (Fsp3) is 0.650. The molecule has 0 unspecified atom stereocenters. The van der Waals surface area contributed by atoms with Gasteiger partial charge in [-0.05, 0) is 55.2 Å². The van der Waals surface area contributed by atoms with Crippen molar-refractivity contribution < 1.29 is 4.39 Å². The van der Waals surface area contributed by atoms with E-state index in [2.05, 4.69) is 6.92 Å². The van der Waals surface area contributed by atoms with Gasteiger partial charge in [0.2, 0.25) is 0 Å². The maximum absolute atomic E-state index is 13.9. The third-order valence-corrected chi connectivity index (χ3v) is 5.51. The molecule has 1 saturated carbocycles. The van der Waals surface area contributed by atoms with E-state index in [1.165, 1.54) is 57.4 Å². The minimum Gasteiger partial charge on any atom is -0.205 e. The third kappa shape index (κ3) is 5.21. The average Bonchev–Trinajstić information content (AvgIpc) is 2.55. The molecular formula is C20H27ClFN. The van der Waals surface area contributed by atoms with Crippen molar-refractivity contribution in [2.45, 2.75) is 77.0 Å². The second-order valence-electron chi connectivity index (χ2n) is 6.89. The topological polar surface area (TPSA) is 23.8 Å². The lowest BCUT2D eigenvalue weighted by Crippen LogP contribution is -2.13. The zero-order valence-corrected chi connectivity index (χ0v) is 14.8. The molecule has 1 nitrogen and oxygen atoms in total. The smallest absolute Gasteiger partial charge is 0.142 e. The molecular weight excluding hydrogens is 309 g/mol. The van der Waals surface area contributed by atoms with Gasteiger partial charge in [-0.2, -0.15) is 5.26 Å². The van der Waals surface area contributed by atoms with E-state index in [1.54, 1.807) is 6.07 Å². The van der Waals surface area contributed by atoms with E-state index in [-0.39, 0.29) is 10.6 Å². The molecule has 1 aromatic carbocycles. The quantitative estimate of drug-likeness (QED) is 0.493. The van der Waals surface area contributed by atoms with E-state index >= 15 is 0 Å². The molecule has 0 atom stereocenters. The van der Waals surface area contributed by atoms with Gasteiger partial charge in [-0.3, -0.25) is 0 Å². The monoisotopic (exact) mass is 335 g/mol. The van der Waals surface area contributed by atoms with E-state index in [9.17, 15) is 4.39 Å². The van der Waals surface area contributed by atoms with Crippen molar-refractivity contribution in [3.63, 3.8) is 0 Å². The van der Waals surface area contributed by atoms with Crippen LogP contribution in [0.3, 0.4) is 0 Å². The summed E-state index contributed by atoms with van der Waals surface area (Å²) in [6.45, 7) is 2.25. The molecule has 0 bridgehead atoms. The molecule has 0 amide bonds. The normalized spacial score (nSPS) is 21.1. The Morgan fingerprint density at radius 3 is 2.43 bits per heavy atom. The average molecular weight is 336 g/mol. The maximum atomic E-state index is 13.9. The lowest BCUT2D eigenvalue weighted by Gasteiger charge is -2.29. The van der Waals surface area contributed by atoms with E-state index in [4.69, 9.17) is 16.9 Å². The van der Waals surface area contributed by atoms with Gasteiger partial charge < -0.3 is 0 Å². The molecule has 2 rings (SSSR count). The first-order chi connectivity index (χ1) is 11.2. The first kappa shape index (κ1) is 18.3. The molecule has 0 spiro atoms. The first-order valence-electron chi connectivity index (χ1n) is 9.04. The van der Waals surface area contributed by atoms with Gasteiger partial charge in [-0.15, -0.1) is 0 Å². The fourth-order valence-electron chi connectivity index (χ4n) is 3.76. The Balaban J connectivity index is 1.82. The van der Waals surface area contributed by atoms with Crippen LogP contribution in [-0.4, -0.2) is 0 Å². The Bertz CT molecular complexity index is 518. The molecule has 0 aromatic heterocycles. The van der Waals surface area contributed by atoms with Crippen molar-refractivity contribution >= 4 is 11.6 Å². The molecule has 0 saturated heterocycles. The van der Waals surface area contributed by atoms with Gasteiger partial charge in [0.05, 0.1) is 5.02 Å². The molecule has 126 valence electrons. The number of hydrogen-bond acceptors (Lipinski definition) is 1. The van der Waals surface area contributed by atoms with Gasteiger partial charge in [-0.1, -0.05) is 57.0 Å². The summed E-state index contributed by atoms with van der Waals surface area (Å²) in [5.74, 6) is 0.755. The number of unbranched alkanes of at least 4 members (excludes halogenated alkanes) is 4. The zero-order valence-electron chi connectivity index (χ0n) is 14.1. The van der Waals surface area contributed by atoms with Gasteiger partial charge in [0.25, 0.3) is 0 Å². The molecule has 23 heavy (non-hydrogen) atoms. The Morgan fingerprint density at radius 2 is 1.83 bits per heavy atom. The second-order valence-corrected chi connectivity index (χ2v) is 7.30. The Kier molecular flexibility index (Phi) is 7.37. The largest absolute Gasteiger partial charge is 0.205 e. The van der Waals surface area contributed by atoms with Crippen molar-refractivity contribution in [2.24, 2.45) is 5.92 Å². The van der Waals surface area contributed by atoms with Crippen LogP contribution in [0.25, 0.3) is 0 Å². The van der Waals surface area contributed by atoms with Crippen molar-refractivity contribution in [1.29, 1.82) is 5.26 Å². The van der Waals surface area contributed by atoms with Crippen LogP contribution in [0.5, 0.6) is 0 Å². The summed E-state index contributed by atoms with van der Waals surface area (Å²) >= 11 is 6.03. The van der Waals surface area contributed by atoms with Crippen LogP contribution < -0.4 is 0 Å². The Labute approximate surface area is 144 Å². The Hall–Kier alpha value is -1.07. The minimum atomic E-state index is -0.479. The molecule has 0 aliphatic heterocycles. The lowest BCUT2D eigenvalue weighted by atomic mass is 9.77. The van der Waals surface area contributed by atoms with Crippen LogP contribution in [0.15, 0.2) is 12.1 Å². The van der Waals surface area contributed by atoms with Crippen LogP contribution >= 0.6 is 11.6 Å². The summed E-state index contributed by atoms with van der Waals surface area (Å²) in [6.07, 6.45) is 12.8. The van der Waals surface area contributed by atoms with Crippen LogP contribution in [-0.2, 0) is 0 Å². The molecule has 0 N–H and O–H groups in total. The Morgan fingerprint density at radius 1 is 1.13 bits per heavy atom. The highest BCUT2D eigenvalue weighted by Crippen LogP contribution is 2.39. The number of hydrogen-bond donors (Lipinski definition) is 0. The zero-order chi connectivity index (χ0) is 16.7. The maximum Gasteiger partial charge on any atom is 0.142 e. The van der Waals surface area contributed by atoms with Gasteiger partial charge in [0, 0.05) is 0 Å². The van der Waals surface area contributed by atoms with Gasteiger partial charge in [-0.25, -0.2) is 4.39 Å². The van der Waals surface area contributed by atoms with Crippen molar-refractivity contribution in [3.05, 3.63) is 34.1 Å². The summed E-state index contributed by atoms with van der Waals surface area (Å²) in [4.78, 5) is 0. The number of nitrogens with zero attached hydrogens (tertiary/aromatic N) is 1. The van der Waals surface area contributed by atoms with Gasteiger partial charge in [0.1, 0.15) is 17.4 Å². The predicted octanol–water partition coefficient (Wildman–Crippen LogP) is 6.99. The summed E-state index contributed by atoms with van der Waals surface area (Å²) in [7, 11) is 0. The van der Waals surface area contributed by atoms with Crippen molar-refractivity contribution in [2.75, 3.05) is 0 Å². The van der Waals surface area contributed by atoms with E-state index in [0.29, 0.717) is 5.92 Å². The number of nitriles is 1. The first-order valence-corrected chi connectivity index (χ1v) is 9.42. The SMILES string of the molecule is CCCCCCCC1CCC(c2cc(F)c(C#N)c(Cl)c2)CC1. The second kappa shape index (κ2) is 9.28. The highest BCUT2D eigenvalue weighted by Gasteiger charge is 2.23. The summed E-state index contributed by atoms with van der Waals surface area (Å²) in [5, 5.41) is 9.15.